The van der Waals surface area contributed by atoms with Crippen molar-refractivity contribution >= 4 is 33.4 Å². The topological polar surface area (TPSA) is 72.0 Å². The molecule has 0 aliphatic carbocycles. The minimum Gasteiger partial charge on any atom is -0.225 e. The van der Waals surface area contributed by atoms with Gasteiger partial charge in [0.1, 0.15) is 4.90 Å². The van der Waals surface area contributed by atoms with Crippen LogP contribution in [0.2, 0.25) is 5.28 Å². The number of hydrogen-bond donors (Lipinski definition) is 1. The van der Waals surface area contributed by atoms with Gasteiger partial charge in [0.25, 0.3) is 0 Å². The van der Waals surface area contributed by atoms with Crippen LogP contribution in [0.3, 0.4) is 0 Å². The largest absolute Gasteiger partial charge is 0.243 e. The fourth-order valence-corrected chi connectivity index (χ4v) is 3.88. The lowest BCUT2D eigenvalue weighted by atomic mass is 10.1. The van der Waals surface area contributed by atoms with Crippen LogP contribution in [0.4, 0.5) is 0 Å². The van der Waals surface area contributed by atoms with Crippen LogP contribution in [-0.2, 0) is 10.0 Å². The van der Waals surface area contributed by atoms with Crippen molar-refractivity contribution < 1.29 is 8.42 Å². The second-order valence-corrected chi connectivity index (χ2v) is 7.02. The third-order valence-corrected chi connectivity index (χ3v) is 5.30. The molecule has 0 radical (unpaired) electrons. The molecule has 0 aromatic carbocycles. The zero-order valence-electron chi connectivity index (χ0n) is 8.97. The van der Waals surface area contributed by atoms with Crippen LogP contribution >= 0.6 is 23.4 Å². The Morgan fingerprint density at radius 1 is 1.47 bits per heavy atom. The van der Waals surface area contributed by atoms with Crippen LogP contribution in [0.25, 0.3) is 0 Å². The molecule has 1 fully saturated rings. The van der Waals surface area contributed by atoms with E-state index in [4.69, 9.17) is 11.6 Å². The molecule has 0 bridgehead atoms. The first-order chi connectivity index (χ1) is 8.08. The summed E-state index contributed by atoms with van der Waals surface area (Å²) >= 11 is 7.36. The quantitative estimate of drug-likeness (QED) is 0.844. The summed E-state index contributed by atoms with van der Waals surface area (Å²) < 4.78 is 26.3. The Kier molecular flexibility index (Phi) is 4.24. The maximum atomic E-state index is 11.9. The average molecular weight is 294 g/mol. The van der Waals surface area contributed by atoms with Crippen LogP contribution in [-0.4, -0.2) is 36.4 Å². The number of hydrogen-bond acceptors (Lipinski definition) is 5. The molecule has 5 nitrogen and oxygen atoms in total. The first kappa shape index (κ1) is 13.1. The molecule has 1 aromatic heterocycles. The summed E-state index contributed by atoms with van der Waals surface area (Å²) in [5.74, 6) is 2.54. The maximum absolute atomic E-state index is 11.9. The van der Waals surface area contributed by atoms with Crippen molar-refractivity contribution in [1.82, 2.24) is 14.7 Å². The molecule has 1 unspecified atom stereocenters. The summed E-state index contributed by atoms with van der Waals surface area (Å²) in [4.78, 5) is 7.36. The Hall–Kier alpha value is -0.370. The van der Waals surface area contributed by atoms with Crippen molar-refractivity contribution in [3.63, 3.8) is 0 Å². The van der Waals surface area contributed by atoms with Gasteiger partial charge in [-0.15, -0.1) is 0 Å². The van der Waals surface area contributed by atoms with Gasteiger partial charge >= 0.3 is 0 Å². The molecule has 17 heavy (non-hydrogen) atoms. The first-order valence-corrected chi connectivity index (χ1v) is 8.14. The van der Waals surface area contributed by atoms with Crippen molar-refractivity contribution in [2.45, 2.75) is 11.3 Å². The molecule has 1 N–H and O–H groups in total. The number of sulfonamides is 1. The summed E-state index contributed by atoms with van der Waals surface area (Å²) in [5, 5.41) is 0.0381. The van der Waals surface area contributed by atoms with E-state index >= 15 is 0 Å². The molecule has 8 heteroatoms. The fraction of sp³-hybridized carbons (Fsp3) is 0.556. The number of aromatic nitrogens is 2. The molecule has 0 spiro atoms. The van der Waals surface area contributed by atoms with E-state index in [0.29, 0.717) is 12.5 Å². The normalized spacial score (nSPS) is 20.6. The molecule has 94 valence electrons. The smallest absolute Gasteiger partial charge is 0.225 e. The Morgan fingerprint density at radius 2 is 2.18 bits per heavy atom. The van der Waals surface area contributed by atoms with Gasteiger partial charge in [0.05, 0.1) is 12.4 Å². The minimum atomic E-state index is -3.51. The van der Waals surface area contributed by atoms with Gasteiger partial charge in [-0.1, -0.05) is 0 Å². The summed E-state index contributed by atoms with van der Waals surface area (Å²) in [5.41, 5.74) is 0. The third-order valence-electron chi connectivity index (χ3n) is 2.49. The summed E-state index contributed by atoms with van der Waals surface area (Å²) in [6.07, 6.45) is 3.48. The lowest BCUT2D eigenvalue weighted by molar-refractivity contribution is 0.545. The van der Waals surface area contributed by atoms with E-state index in [9.17, 15) is 8.42 Å². The van der Waals surface area contributed by atoms with Gasteiger partial charge < -0.3 is 0 Å². The van der Waals surface area contributed by atoms with Crippen LogP contribution in [0, 0.1) is 5.92 Å². The molecule has 1 aromatic rings. The molecule has 1 saturated heterocycles. The van der Waals surface area contributed by atoms with E-state index in [0.717, 1.165) is 17.9 Å². The van der Waals surface area contributed by atoms with Gasteiger partial charge in [0, 0.05) is 6.54 Å². The summed E-state index contributed by atoms with van der Waals surface area (Å²) in [6.45, 7) is 0.470. The van der Waals surface area contributed by atoms with Crippen molar-refractivity contribution in [2.75, 3.05) is 18.1 Å². The number of thioether (sulfide) groups is 1. The molecule has 0 saturated carbocycles. The second-order valence-electron chi connectivity index (χ2n) is 3.77. The Bertz CT molecular complexity index is 472. The standard InChI is InChI=1S/C9H12ClN3O2S2/c10-9-11-4-8(5-12-9)17(14,15)13-3-7-1-2-16-6-7/h4-5,7,13H,1-3,6H2. The van der Waals surface area contributed by atoms with E-state index in [1.165, 1.54) is 12.4 Å². The second kappa shape index (κ2) is 5.51. The molecular weight excluding hydrogens is 282 g/mol. The SMILES string of the molecule is O=S(=O)(NCC1CCSC1)c1cnc(Cl)nc1. The van der Waals surface area contributed by atoms with Gasteiger partial charge in [-0.3, -0.25) is 0 Å². The zero-order chi connectivity index (χ0) is 12.3. The van der Waals surface area contributed by atoms with Gasteiger partial charge in [-0.05, 0) is 35.4 Å². The lowest BCUT2D eigenvalue weighted by Gasteiger charge is -2.10. The Morgan fingerprint density at radius 3 is 2.76 bits per heavy atom. The monoisotopic (exact) mass is 293 g/mol. The highest BCUT2D eigenvalue weighted by atomic mass is 35.5. The van der Waals surface area contributed by atoms with Gasteiger partial charge in [0.15, 0.2) is 0 Å². The van der Waals surface area contributed by atoms with Gasteiger partial charge in [-0.2, -0.15) is 11.8 Å². The van der Waals surface area contributed by atoms with Crippen LogP contribution in [0.1, 0.15) is 6.42 Å². The number of nitrogens with one attached hydrogen (secondary N) is 1. The van der Waals surface area contributed by atoms with E-state index in [1.54, 1.807) is 0 Å². The molecule has 1 aliphatic heterocycles. The van der Waals surface area contributed by atoms with Crippen LogP contribution in [0.5, 0.6) is 0 Å². The summed E-state index contributed by atoms with van der Waals surface area (Å²) in [7, 11) is -3.51. The highest BCUT2D eigenvalue weighted by molar-refractivity contribution is 7.99. The average Bonchev–Trinajstić information content (AvgIpc) is 2.80. The van der Waals surface area contributed by atoms with Crippen molar-refractivity contribution in [3.8, 4) is 0 Å². The van der Waals surface area contributed by atoms with Gasteiger partial charge in [-0.25, -0.2) is 23.1 Å². The van der Waals surface area contributed by atoms with Gasteiger partial charge in [0.2, 0.25) is 15.3 Å². The van der Waals surface area contributed by atoms with E-state index < -0.39 is 10.0 Å². The van der Waals surface area contributed by atoms with Crippen LogP contribution in [0.15, 0.2) is 17.3 Å². The predicted molar refractivity (Wildman–Crippen MR) is 67.7 cm³/mol. The van der Waals surface area contributed by atoms with Crippen molar-refractivity contribution in [3.05, 3.63) is 17.7 Å². The van der Waals surface area contributed by atoms with Crippen LogP contribution < -0.4 is 4.72 Å². The third kappa shape index (κ3) is 3.54. The molecule has 0 amide bonds. The molecule has 2 rings (SSSR count). The highest BCUT2D eigenvalue weighted by Crippen LogP contribution is 2.23. The Labute approximate surface area is 109 Å². The highest BCUT2D eigenvalue weighted by Gasteiger charge is 2.20. The van der Waals surface area contributed by atoms with Crippen molar-refractivity contribution in [1.29, 1.82) is 0 Å². The molecular formula is C9H12ClN3O2S2. The lowest BCUT2D eigenvalue weighted by Crippen LogP contribution is -2.29. The molecule has 1 aliphatic rings. The molecule has 2 heterocycles. The first-order valence-electron chi connectivity index (χ1n) is 5.13. The number of nitrogens with zero attached hydrogens (tertiary/aromatic N) is 2. The minimum absolute atomic E-state index is 0.0381. The van der Waals surface area contributed by atoms with Crippen molar-refractivity contribution in [2.24, 2.45) is 5.92 Å². The number of halogens is 1. The van der Waals surface area contributed by atoms with E-state index in [-0.39, 0.29) is 10.2 Å². The number of rotatable bonds is 4. The zero-order valence-corrected chi connectivity index (χ0v) is 11.4. The fourth-order valence-electron chi connectivity index (χ4n) is 1.49. The van der Waals surface area contributed by atoms with E-state index in [2.05, 4.69) is 14.7 Å². The Balaban J connectivity index is 2.00. The summed E-state index contributed by atoms with van der Waals surface area (Å²) in [6, 6.07) is 0. The van der Waals surface area contributed by atoms with E-state index in [1.807, 2.05) is 11.8 Å². The maximum Gasteiger partial charge on any atom is 0.243 e. The molecule has 1 atom stereocenters. The predicted octanol–water partition coefficient (Wildman–Crippen LogP) is 1.16.